The fraction of sp³-hybridized carbons (Fsp3) is 0.444. The molecule has 2 heterocycles. The molecule has 7 heteroatoms. The van der Waals surface area contributed by atoms with Crippen molar-refractivity contribution in [3.8, 4) is 5.75 Å². The van der Waals surface area contributed by atoms with Gasteiger partial charge in [0.2, 0.25) is 0 Å². The maximum absolute atomic E-state index is 11.9. The zero-order chi connectivity index (χ0) is 17.5. The van der Waals surface area contributed by atoms with Crippen LogP contribution in [0.25, 0.3) is 0 Å². The first-order chi connectivity index (χ1) is 12.2. The molecular weight excluding hydrogens is 320 g/mol. The van der Waals surface area contributed by atoms with Crippen molar-refractivity contribution in [3.05, 3.63) is 42.2 Å². The number of nitrogens with zero attached hydrogens (tertiary/aromatic N) is 2. The summed E-state index contributed by atoms with van der Waals surface area (Å²) in [5.41, 5.74) is 1.68. The predicted molar refractivity (Wildman–Crippen MR) is 94.7 cm³/mol. The number of anilines is 1. The van der Waals surface area contributed by atoms with Gasteiger partial charge in [0, 0.05) is 25.9 Å². The molecule has 1 aliphatic heterocycles. The number of hydrogen-bond acceptors (Lipinski definition) is 4. The van der Waals surface area contributed by atoms with Crippen molar-refractivity contribution in [1.29, 1.82) is 0 Å². The maximum Gasteiger partial charge on any atom is 0.319 e. The number of amides is 2. The fourth-order valence-corrected chi connectivity index (χ4v) is 2.63. The van der Waals surface area contributed by atoms with Crippen LogP contribution >= 0.6 is 0 Å². The van der Waals surface area contributed by atoms with E-state index in [-0.39, 0.29) is 12.1 Å². The largest absolute Gasteiger partial charge is 0.491 e. The van der Waals surface area contributed by atoms with Gasteiger partial charge in [-0.15, -0.1) is 0 Å². The van der Waals surface area contributed by atoms with Crippen molar-refractivity contribution in [2.45, 2.75) is 39.0 Å². The van der Waals surface area contributed by atoms with Crippen molar-refractivity contribution in [3.63, 3.8) is 0 Å². The Bertz CT molecular complexity index is 678. The minimum atomic E-state index is -0.255. The summed E-state index contributed by atoms with van der Waals surface area (Å²) in [7, 11) is 0. The summed E-state index contributed by atoms with van der Waals surface area (Å²) in [6.45, 7) is 4.63. The van der Waals surface area contributed by atoms with Crippen LogP contribution < -0.4 is 15.4 Å². The number of urea groups is 1. The molecular formula is C18H24N4O3. The third kappa shape index (κ3) is 5.22. The Balaban J connectivity index is 1.40. The molecule has 0 aliphatic carbocycles. The van der Waals surface area contributed by atoms with Crippen LogP contribution in [0.4, 0.5) is 10.5 Å². The van der Waals surface area contributed by atoms with Crippen LogP contribution in [0.2, 0.25) is 0 Å². The highest BCUT2D eigenvalue weighted by Crippen LogP contribution is 2.16. The Labute approximate surface area is 147 Å². The number of hydrogen-bond donors (Lipinski definition) is 2. The number of rotatable bonds is 7. The van der Waals surface area contributed by atoms with E-state index in [0.29, 0.717) is 18.8 Å². The Kier molecular flexibility index (Phi) is 5.90. The molecule has 2 aromatic rings. The van der Waals surface area contributed by atoms with Crippen LogP contribution in [0.3, 0.4) is 0 Å². The topological polar surface area (TPSA) is 77.4 Å². The van der Waals surface area contributed by atoms with E-state index in [4.69, 9.17) is 9.47 Å². The molecule has 1 aromatic heterocycles. The second-order valence-electron chi connectivity index (χ2n) is 5.98. The molecule has 0 radical (unpaired) electrons. The van der Waals surface area contributed by atoms with E-state index in [9.17, 15) is 4.79 Å². The first-order valence-electron chi connectivity index (χ1n) is 8.63. The first-order valence-corrected chi connectivity index (χ1v) is 8.63. The van der Waals surface area contributed by atoms with Gasteiger partial charge in [-0.1, -0.05) is 12.1 Å². The lowest BCUT2D eigenvalue weighted by Gasteiger charge is -2.12. The average molecular weight is 344 g/mol. The lowest BCUT2D eigenvalue weighted by molar-refractivity contribution is 0.0679. The molecule has 1 fully saturated rings. The number of benzene rings is 1. The van der Waals surface area contributed by atoms with Crippen molar-refractivity contribution in [2.75, 3.05) is 18.5 Å². The van der Waals surface area contributed by atoms with E-state index in [1.807, 2.05) is 31.2 Å². The number of carbonyl (C=O) groups excluding carboxylic acids is 1. The third-order valence-electron chi connectivity index (χ3n) is 4.05. The van der Waals surface area contributed by atoms with Crippen LogP contribution in [-0.4, -0.2) is 35.1 Å². The van der Waals surface area contributed by atoms with Gasteiger partial charge >= 0.3 is 6.03 Å². The van der Waals surface area contributed by atoms with E-state index in [0.717, 1.165) is 37.3 Å². The van der Waals surface area contributed by atoms with Crippen LogP contribution in [0.1, 0.15) is 25.3 Å². The van der Waals surface area contributed by atoms with Crippen LogP contribution in [-0.2, 0) is 17.8 Å². The smallest absolute Gasteiger partial charge is 0.319 e. The minimum absolute atomic E-state index is 0.210. The molecule has 0 unspecified atom stereocenters. The zero-order valence-electron chi connectivity index (χ0n) is 14.4. The maximum atomic E-state index is 11.9. The molecule has 2 amide bonds. The number of ether oxygens (including phenoxy) is 2. The Hall–Kier alpha value is -2.54. The highest BCUT2D eigenvalue weighted by Gasteiger charge is 2.15. The molecule has 2 N–H and O–H groups in total. The molecule has 0 bridgehead atoms. The fourth-order valence-electron chi connectivity index (χ4n) is 2.63. The van der Waals surface area contributed by atoms with Crippen molar-refractivity contribution < 1.29 is 14.3 Å². The molecule has 0 spiro atoms. The number of aromatic nitrogens is 2. The van der Waals surface area contributed by atoms with E-state index in [2.05, 4.69) is 15.7 Å². The Morgan fingerprint density at radius 2 is 2.24 bits per heavy atom. The highest BCUT2D eigenvalue weighted by molar-refractivity contribution is 5.88. The summed E-state index contributed by atoms with van der Waals surface area (Å²) >= 11 is 0. The molecule has 3 rings (SSSR count). The lowest BCUT2D eigenvalue weighted by Crippen LogP contribution is -2.28. The molecule has 1 aliphatic rings. The minimum Gasteiger partial charge on any atom is -0.491 e. The van der Waals surface area contributed by atoms with Gasteiger partial charge in [-0.3, -0.25) is 4.68 Å². The molecule has 25 heavy (non-hydrogen) atoms. The summed E-state index contributed by atoms with van der Waals surface area (Å²) in [5.74, 6) is 0.815. The van der Waals surface area contributed by atoms with Crippen molar-refractivity contribution >= 4 is 11.7 Å². The van der Waals surface area contributed by atoms with Crippen molar-refractivity contribution in [2.24, 2.45) is 0 Å². The molecule has 1 atom stereocenters. The van der Waals surface area contributed by atoms with E-state index in [1.165, 1.54) is 0 Å². The average Bonchev–Trinajstić information content (AvgIpc) is 3.30. The Morgan fingerprint density at radius 3 is 2.92 bits per heavy atom. The van der Waals surface area contributed by atoms with Gasteiger partial charge in [-0.2, -0.15) is 5.10 Å². The SMILES string of the molecule is CCn1cc(NC(=O)NCc2ccc(OC[C@H]3CCCO3)cc2)cn1. The van der Waals surface area contributed by atoms with Crippen LogP contribution in [0.5, 0.6) is 5.75 Å². The molecule has 7 nitrogen and oxygen atoms in total. The summed E-state index contributed by atoms with van der Waals surface area (Å²) in [4.78, 5) is 11.9. The summed E-state index contributed by atoms with van der Waals surface area (Å²) in [6, 6.07) is 7.46. The van der Waals surface area contributed by atoms with Gasteiger partial charge in [0.15, 0.2) is 0 Å². The predicted octanol–water partition coefficient (Wildman–Crippen LogP) is 2.78. The summed E-state index contributed by atoms with van der Waals surface area (Å²) in [5, 5.41) is 9.69. The van der Waals surface area contributed by atoms with E-state index in [1.54, 1.807) is 17.1 Å². The number of carbonyl (C=O) groups is 1. The van der Waals surface area contributed by atoms with Crippen molar-refractivity contribution in [1.82, 2.24) is 15.1 Å². The summed E-state index contributed by atoms with van der Waals surface area (Å²) < 4.78 is 13.0. The van der Waals surface area contributed by atoms with E-state index < -0.39 is 0 Å². The molecule has 1 aromatic carbocycles. The van der Waals surface area contributed by atoms with Gasteiger partial charge in [0.25, 0.3) is 0 Å². The van der Waals surface area contributed by atoms with Crippen LogP contribution in [0, 0.1) is 0 Å². The van der Waals surface area contributed by atoms with Gasteiger partial charge in [0.1, 0.15) is 12.4 Å². The first kappa shape index (κ1) is 17.3. The monoisotopic (exact) mass is 344 g/mol. The second-order valence-corrected chi connectivity index (χ2v) is 5.98. The molecule has 134 valence electrons. The summed E-state index contributed by atoms with van der Waals surface area (Å²) in [6.07, 6.45) is 5.80. The standard InChI is InChI=1S/C18H24N4O3/c1-2-22-12-15(11-20-22)21-18(23)19-10-14-5-7-16(8-6-14)25-13-17-4-3-9-24-17/h5-8,11-12,17H,2-4,9-10,13H2,1H3,(H2,19,21,23)/t17-/m1/s1. The third-order valence-corrected chi connectivity index (χ3v) is 4.05. The number of aryl methyl sites for hydroxylation is 1. The quantitative estimate of drug-likeness (QED) is 0.810. The van der Waals surface area contributed by atoms with Gasteiger partial charge in [-0.05, 0) is 37.5 Å². The molecule has 0 saturated carbocycles. The zero-order valence-corrected chi connectivity index (χ0v) is 14.4. The lowest BCUT2D eigenvalue weighted by atomic mass is 10.2. The van der Waals surface area contributed by atoms with Crippen LogP contribution in [0.15, 0.2) is 36.7 Å². The van der Waals surface area contributed by atoms with E-state index >= 15 is 0 Å². The van der Waals surface area contributed by atoms with Gasteiger partial charge < -0.3 is 20.1 Å². The second kappa shape index (κ2) is 8.53. The normalized spacial score (nSPS) is 16.6. The highest BCUT2D eigenvalue weighted by atomic mass is 16.5. The number of nitrogens with one attached hydrogen (secondary N) is 2. The Morgan fingerprint density at radius 1 is 1.40 bits per heavy atom. The van der Waals surface area contributed by atoms with Gasteiger partial charge in [-0.25, -0.2) is 4.79 Å². The van der Waals surface area contributed by atoms with Gasteiger partial charge in [0.05, 0.1) is 18.0 Å². The molecule has 1 saturated heterocycles.